The maximum Gasteiger partial charge on any atom is 0.259 e. The second-order valence-electron chi connectivity index (χ2n) is 4.16. The molecule has 0 bridgehead atoms. The highest BCUT2D eigenvalue weighted by Crippen LogP contribution is 2.17. The van der Waals surface area contributed by atoms with E-state index >= 15 is 0 Å². The van der Waals surface area contributed by atoms with E-state index in [2.05, 4.69) is 20.9 Å². The third-order valence-electron chi connectivity index (χ3n) is 2.77. The van der Waals surface area contributed by atoms with Gasteiger partial charge in [0, 0.05) is 23.3 Å². The molecule has 0 aliphatic carbocycles. The van der Waals surface area contributed by atoms with E-state index in [0.717, 1.165) is 10.2 Å². The van der Waals surface area contributed by atoms with Crippen LogP contribution < -0.4 is 9.64 Å². The second kappa shape index (κ2) is 6.52. The number of ether oxygens (including phenoxy) is 1. The van der Waals surface area contributed by atoms with E-state index in [1.54, 1.807) is 43.6 Å². The number of hydrogen-bond donors (Lipinski definition) is 0. The smallest absolute Gasteiger partial charge is 0.259 e. The summed E-state index contributed by atoms with van der Waals surface area (Å²) >= 11 is 3.32. The highest BCUT2D eigenvalue weighted by molar-refractivity contribution is 9.10. The van der Waals surface area contributed by atoms with Crippen LogP contribution in [0.4, 0.5) is 5.82 Å². The Hall–Kier alpha value is -1.88. The molecule has 2 rings (SSSR count). The predicted molar refractivity (Wildman–Crippen MR) is 82.3 cm³/mol. The molecule has 0 saturated carbocycles. The van der Waals surface area contributed by atoms with E-state index in [0.29, 0.717) is 18.0 Å². The van der Waals surface area contributed by atoms with Gasteiger partial charge in [-0.2, -0.15) is 0 Å². The van der Waals surface area contributed by atoms with E-state index in [4.69, 9.17) is 4.74 Å². The lowest BCUT2D eigenvalue weighted by molar-refractivity contribution is 0.0992. The first-order valence-electron chi connectivity index (χ1n) is 6.24. The van der Waals surface area contributed by atoms with Gasteiger partial charge in [-0.05, 0) is 59.3 Å². The van der Waals surface area contributed by atoms with Gasteiger partial charge in [-0.25, -0.2) is 4.98 Å². The molecule has 0 atom stereocenters. The number of halogens is 1. The summed E-state index contributed by atoms with van der Waals surface area (Å²) in [6.45, 7) is 2.53. The number of carbonyl (C=O) groups is 1. The van der Waals surface area contributed by atoms with Gasteiger partial charge in [0.15, 0.2) is 0 Å². The van der Waals surface area contributed by atoms with Crippen LogP contribution in [0.2, 0.25) is 0 Å². The van der Waals surface area contributed by atoms with Crippen LogP contribution in [0, 0.1) is 0 Å². The fourth-order valence-corrected chi connectivity index (χ4v) is 1.96. The van der Waals surface area contributed by atoms with Gasteiger partial charge < -0.3 is 4.74 Å². The van der Waals surface area contributed by atoms with E-state index in [1.807, 2.05) is 13.0 Å². The second-order valence-corrected chi connectivity index (χ2v) is 5.07. The number of pyridine rings is 1. The van der Waals surface area contributed by atoms with Gasteiger partial charge in [0.2, 0.25) is 0 Å². The van der Waals surface area contributed by atoms with Crippen LogP contribution in [-0.2, 0) is 0 Å². The van der Waals surface area contributed by atoms with Crippen LogP contribution in [-0.4, -0.2) is 24.5 Å². The zero-order chi connectivity index (χ0) is 14.5. The molecule has 0 N–H and O–H groups in total. The Morgan fingerprint density at radius 2 is 1.95 bits per heavy atom. The zero-order valence-corrected chi connectivity index (χ0v) is 12.9. The Balaban J connectivity index is 2.15. The summed E-state index contributed by atoms with van der Waals surface area (Å²) in [7, 11) is 1.70. The van der Waals surface area contributed by atoms with Crippen LogP contribution in [0.15, 0.2) is 47.1 Å². The maximum absolute atomic E-state index is 12.3. The lowest BCUT2D eigenvalue weighted by Crippen LogP contribution is -2.26. The lowest BCUT2D eigenvalue weighted by Gasteiger charge is -2.16. The van der Waals surface area contributed by atoms with Crippen LogP contribution in [0.1, 0.15) is 17.3 Å². The van der Waals surface area contributed by atoms with Crippen molar-refractivity contribution >= 4 is 27.7 Å². The first-order chi connectivity index (χ1) is 9.61. The molecular formula is C15H15BrN2O2. The normalized spacial score (nSPS) is 10.2. The summed E-state index contributed by atoms with van der Waals surface area (Å²) in [5, 5.41) is 0. The Morgan fingerprint density at radius 3 is 2.50 bits per heavy atom. The van der Waals surface area contributed by atoms with Gasteiger partial charge in [-0.3, -0.25) is 9.69 Å². The zero-order valence-electron chi connectivity index (χ0n) is 11.3. The highest BCUT2D eigenvalue weighted by atomic mass is 79.9. The third-order valence-corrected chi connectivity index (χ3v) is 3.24. The van der Waals surface area contributed by atoms with E-state index in [-0.39, 0.29) is 5.91 Å². The summed E-state index contributed by atoms with van der Waals surface area (Å²) in [5.74, 6) is 1.25. The predicted octanol–water partition coefficient (Wildman–Crippen LogP) is 3.52. The molecule has 2 aromatic rings. The van der Waals surface area contributed by atoms with Gasteiger partial charge in [0.25, 0.3) is 5.91 Å². The molecule has 0 aliphatic heterocycles. The number of rotatable bonds is 4. The number of benzene rings is 1. The Bertz CT molecular complexity index is 582. The molecule has 1 heterocycles. The summed E-state index contributed by atoms with van der Waals surface area (Å²) in [4.78, 5) is 18.1. The minimum absolute atomic E-state index is 0.108. The molecule has 104 valence electrons. The SMILES string of the molecule is CCOc1ccc(C(=O)N(C)c2ccc(Br)cn2)cc1. The molecule has 0 aliphatic rings. The largest absolute Gasteiger partial charge is 0.494 e. The molecule has 0 radical (unpaired) electrons. The van der Waals surface area contributed by atoms with Crippen molar-refractivity contribution in [3.63, 3.8) is 0 Å². The van der Waals surface area contributed by atoms with Crippen molar-refractivity contribution in [2.24, 2.45) is 0 Å². The van der Waals surface area contributed by atoms with Gasteiger partial charge in [-0.1, -0.05) is 0 Å². The number of carbonyl (C=O) groups excluding carboxylic acids is 1. The third kappa shape index (κ3) is 3.36. The van der Waals surface area contributed by atoms with Crippen molar-refractivity contribution in [2.45, 2.75) is 6.92 Å². The van der Waals surface area contributed by atoms with Crippen molar-refractivity contribution in [2.75, 3.05) is 18.6 Å². The molecule has 1 aromatic carbocycles. The number of amides is 1. The number of aromatic nitrogens is 1. The lowest BCUT2D eigenvalue weighted by atomic mass is 10.2. The fourth-order valence-electron chi connectivity index (χ4n) is 1.72. The molecule has 5 heteroatoms. The minimum Gasteiger partial charge on any atom is -0.494 e. The summed E-state index contributed by atoms with van der Waals surface area (Å²) in [5.41, 5.74) is 0.598. The van der Waals surface area contributed by atoms with Crippen molar-refractivity contribution in [1.82, 2.24) is 4.98 Å². The Labute approximate surface area is 126 Å². The van der Waals surface area contributed by atoms with Crippen molar-refractivity contribution < 1.29 is 9.53 Å². The average Bonchev–Trinajstić information content (AvgIpc) is 2.48. The van der Waals surface area contributed by atoms with Crippen LogP contribution in [0.5, 0.6) is 5.75 Å². The molecule has 20 heavy (non-hydrogen) atoms. The number of nitrogens with zero attached hydrogens (tertiary/aromatic N) is 2. The molecule has 0 saturated heterocycles. The fraction of sp³-hybridized carbons (Fsp3) is 0.200. The topological polar surface area (TPSA) is 42.4 Å². The van der Waals surface area contributed by atoms with E-state index in [1.165, 1.54) is 4.90 Å². The van der Waals surface area contributed by atoms with Gasteiger partial charge in [0.1, 0.15) is 11.6 Å². The van der Waals surface area contributed by atoms with Crippen LogP contribution >= 0.6 is 15.9 Å². The highest BCUT2D eigenvalue weighted by Gasteiger charge is 2.14. The summed E-state index contributed by atoms with van der Waals surface area (Å²) in [6, 6.07) is 10.7. The molecule has 0 fully saturated rings. The van der Waals surface area contributed by atoms with Gasteiger partial charge in [-0.15, -0.1) is 0 Å². The summed E-state index contributed by atoms with van der Waals surface area (Å²) < 4.78 is 6.23. The van der Waals surface area contributed by atoms with E-state index < -0.39 is 0 Å². The molecule has 0 unspecified atom stereocenters. The maximum atomic E-state index is 12.3. The van der Waals surface area contributed by atoms with Gasteiger partial charge >= 0.3 is 0 Å². The average molecular weight is 335 g/mol. The standard InChI is InChI=1S/C15H15BrN2O2/c1-3-20-13-7-4-11(5-8-13)15(19)18(2)14-9-6-12(16)10-17-14/h4-10H,3H2,1-2H3. The molecule has 0 spiro atoms. The Morgan fingerprint density at radius 1 is 1.25 bits per heavy atom. The number of hydrogen-bond acceptors (Lipinski definition) is 3. The Kier molecular flexibility index (Phi) is 4.74. The first-order valence-corrected chi connectivity index (χ1v) is 7.03. The van der Waals surface area contributed by atoms with Crippen LogP contribution in [0.3, 0.4) is 0 Å². The minimum atomic E-state index is -0.108. The molecule has 4 nitrogen and oxygen atoms in total. The van der Waals surface area contributed by atoms with Crippen molar-refractivity contribution in [3.8, 4) is 5.75 Å². The monoisotopic (exact) mass is 334 g/mol. The quantitative estimate of drug-likeness (QED) is 0.859. The number of anilines is 1. The summed E-state index contributed by atoms with van der Waals surface area (Å²) in [6.07, 6.45) is 1.66. The molecule has 1 aromatic heterocycles. The van der Waals surface area contributed by atoms with Crippen molar-refractivity contribution in [1.29, 1.82) is 0 Å². The van der Waals surface area contributed by atoms with Crippen LogP contribution in [0.25, 0.3) is 0 Å². The van der Waals surface area contributed by atoms with Gasteiger partial charge in [0.05, 0.1) is 6.61 Å². The van der Waals surface area contributed by atoms with Crippen molar-refractivity contribution in [3.05, 3.63) is 52.6 Å². The first kappa shape index (κ1) is 14.5. The van der Waals surface area contributed by atoms with E-state index in [9.17, 15) is 4.79 Å². The molecule has 1 amide bonds. The molecular weight excluding hydrogens is 320 g/mol.